The molecule has 0 saturated carbocycles. The Kier molecular flexibility index (Phi) is 13.3. The highest BCUT2D eigenvalue weighted by molar-refractivity contribution is 6.07. The molecule has 0 unspecified atom stereocenters. The van der Waals surface area contributed by atoms with Crippen LogP contribution in [0.2, 0.25) is 0 Å². The highest BCUT2D eigenvalue weighted by atomic mass is 19.1. The number of benzene rings is 3. The van der Waals surface area contributed by atoms with Crippen LogP contribution >= 0.6 is 0 Å². The van der Waals surface area contributed by atoms with Gasteiger partial charge >= 0.3 is 5.97 Å². The Hall–Kier alpha value is -3.93. The third-order valence-corrected chi connectivity index (χ3v) is 11.7. The summed E-state index contributed by atoms with van der Waals surface area (Å²) in [6, 6.07) is 18.0. The lowest BCUT2D eigenvalue weighted by atomic mass is 9.80. The first-order valence-electron chi connectivity index (χ1n) is 20.1. The monoisotopic (exact) mass is 723 g/mol. The summed E-state index contributed by atoms with van der Waals surface area (Å²) in [5, 5.41) is 0. The number of hydrogen-bond donors (Lipinski definition) is 0. The summed E-state index contributed by atoms with van der Waals surface area (Å²) in [4.78, 5) is 27.8. The predicted octanol–water partition coefficient (Wildman–Crippen LogP) is 12.4. The largest absolute Gasteiger partial charge is 0.487 e. The smallest absolute Gasteiger partial charge is 0.343 e. The van der Waals surface area contributed by atoms with Gasteiger partial charge in [0, 0.05) is 19.2 Å². The highest BCUT2D eigenvalue weighted by Gasteiger charge is 2.46. The lowest BCUT2D eigenvalue weighted by Gasteiger charge is -2.37. The van der Waals surface area contributed by atoms with Crippen LogP contribution in [0.4, 0.5) is 10.1 Å². The maximum absolute atomic E-state index is 15.3. The molecular weight excluding hydrogens is 662 g/mol. The van der Waals surface area contributed by atoms with Crippen LogP contribution < -0.4 is 14.4 Å². The molecule has 0 fully saturated rings. The Morgan fingerprint density at radius 3 is 2.25 bits per heavy atom. The van der Waals surface area contributed by atoms with Crippen LogP contribution in [0.1, 0.15) is 145 Å². The van der Waals surface area contributed by atoms with Gasteiger partial charge in [0.15, 0.2) is 0 Å². The standard InChI is InChI=1S/C47H62FNO4/c1-32(2)14-11-15-33(3)16-12-17-34(4)18-13-26-46(6)27-25-38-30-40(28-35(5)43(38)53-46)52-44(50)37-23-21-36(22-24-37)29-39(48)31-47(7)41-19-9-10-20-42(41)49(8)45(47)51/h9-10,19-24,28-30,32-34H,11-18,25-27,31H2,1-8H3/t33-,34-,46-,47-/m1/s1. The van der Waals surface area contributed by atoms with Crippen LogP contribution in [-0.4, -0.2) is 24.5 Å². The van der Waals surface area contributed by atoms with Gasteiger partial charge in [0.25, 0.3) is 0 Å². The van der Waals surface area contributed by atoms with Gasteiger partial charge in [-0.3, -0.25) is 4.79 Å². The van der Waals surface area contributed by atoms with Gasteiger partial charge in [-0.2, -0.15) is 0 Å². The number of halogens is 1. The number of aryl methyl sites for hydroxylation is 2. The molecular formula is C47H62FNO4. The summed E-state index contributed by atoms with van der Waals surface area (Å²) >= 11 is 0. The van der Waals surface area contributed by atoms with Gasteiger partial charge in [-0.1, -0.05) is 103 Å². The summed E-state index contributed by atoms with van der Waals surface area (Å²) in [7, 11) is 1.72. The molecule has 5 rings (SSSR count). The molecule has 5 nitrogen and oxygen atoms in total. The zero-order valence-corrected chi connectivity index (χ0v) is 33.5. The molecule has 0 spiro atoms. The average molecular weight is 724 g/mol. The van der Waals surface area contributed by atoms with Gasteiger partial charge in [0.05, 0.1) is 11.0 Å². The van der Waals surface area contributed by atoms with E-state index in [2.05, 4.69) is 34.6 Å². The molecule has 4 atom stereocenters. The minimum Gasteiger partial charge on any atom is -0.487 e. The molecule has 3 aromatic carbocycles. The zero-order valence-electron chi connectivity index (χ0n) is 33.5. The van der Waals surface area contributed by atoms with Gasteiger partial charge in [-0.15, -0.1) is 0 Å². The maximum atomic E-state index is 15.3. The summed E-state index contributed by atoms with van der Waals surface area (Å²) < 4.78 is 27.8. The second-order valence-corrected chi connectivity index (χ2v) is 17.1. The van der Waals surface area contributed by atoms with Crippen LogP contribution in [0.15, 0.2) is 66.5 Å². The van der Waals surface area contributed by atoms with E-state index in [9.17, 15) is 9.59 Å². The van der Waals surface area contributed by atoms with Crippen molar-refractivity contribution in [3.63, 3.8) is 0 Å². The fraction of sp³-hybridized carbons (Fsp3) is 0.532. The molecule has 2 aliphatic rings. The molecule has 0 radical (unpaired) electrons. The molecule has 286 valence electrons. The summed E-state index contributed by atoms with van der Waals surface area (Å²) in [6.07, 6.45) is 14.7. The molecule has 0 aliphatic carbocycles. The molecule has 0 saturated heterocycles. The number of anilines is 1. The van der Waals surface area contributed by atoms with Crippen molar-refractivity contribution < 1.29 is 23.5 Å². The fourth-order valence-corrected chi connectivity index (χ4v) is 8.33. The molecule has 0 aromatic heterocycles. The summed E-state index contributed by atoms with van der Waals surface area (Å²) in [6.45, 7) is 15.5. The first kappa shape index (κ1) is 40.3. The highest BCUT2D eigenvalue weighted by Crippen LogP contribution is 2.45. The predicted molar refractivity (Wildman–Crippen MR) is 216 cm³/mol. The third-order valence-electron chi connectivity index (χ3n) is 11.7. The van der Waals surface area contributed by atoms with Crippen LogP contribution in [0.3, 0.4) is 0 Å². The van der Waals surface area contributed by atoms with Crippen molar-refractivity contribution in [1.29, 1.82) is 0 Å². The molecule has 53 heavy (non-hydrogen) atoms. The number of rotatable bonds is 17. The molecule has 2 heterocycles. The van der Waals surface area contributed by atoms with E-state index >= 15 is 4.39 Å². The normalized spacial score (nSPS) is 20.9. The van der Waals surface area contributed by atoms with Gasteiger partial charge < -0.3 is 14.4 Å². The second-order valence-electron chi connectivity index (χ2n) is 17.1. The van der Waals surface area contributed by atoms with Gasteiger partial charge in [-0.05, 0) is 123 Å². The van der Waals surface area contributed by atoms with E-state index in [4.69, 9.17) is 9.47 Å². The van der Waals surface area contributed by atoms with E-state index in [1.807, 2.05) is 43.3 Å². The fourth-order valence-electron chi connectivity index (χ4n) is 8.33. The number of allylic oxidation sites excluding steroid dienone is 1. The Morgan fingerprint density at radius 1 is 0.925 bits per heavy atom. The number of ether oxygens (including phenoxy) is 2. The van der Waals surface area contributed by atoms with E-state index in [0.717, 1.165) is 71.6 Å². The number of fused-ring (bicyclic) bond motifs is 2. The number of hydrogen-bond acceptors (Lipinski definition) is 4. The SMILES string of the molecule is Cc1cc(OC(=O)c2ccc(C=C(F)C[C@@]3(C)C(=O)N(C)c4ccccc43)cc2)cc2c1O[C@](C)(CCC[C@H](C)CCC[C@H](C)CCCC(C)C)CC2. The van der Waals surface area contributed by atoms with Crippen molar-refractivity contribution in [3.05, 3.63) is 94.3 Å². The summed E-state index contributed by atoms with van der Waals surface area (Å²) in [5.41, 5.74) is 3.48. The third kappa shape index (κ3) is 10.2. The Labute approximate surface area is 318 Å². The van der Waals surface area contributed by atoms with E-state index in [0.29, 0.717) is 16.9 Å². The van der Waals surface area contributed by atoms with E-state index < -0.39 is 17.2 Å². The minimum absolute atomic E-state index is 0.0465. The van der Waals surface area contributed by atoms with Gasteiger partial charge in [-0.25, -0.2) is 9.18 Å². The average Bonchev–Trinajstić information content (AvgIpc) is 3.29. The Bertz CT molecular complexity index is 1760. The van der Waals surface area contributed by atoms with Crippen LogP contribution in [0.5, 0.6) is 11.5 Å². The molecule has 0 N–H and O–H groups in total. The minimum atomic E-state index is -0.976. The van der Waals surface area contributed by atoms with Gasteiger partial charge in [0.2, 0.25) is 5.91 Å². The van der Waals surface area contributed by atoms with Crippen molar-refractivity contribution in [2.45, 2.75) is 137 Å². The number of carbonyl (C=O) groups excluding carboxylic acids is 2. The van der Waals surface area contributed by atoms with Crippen molar-refractivity contribution in [1.82, 2.24) is 0 Å². The number of carbonyl (C=O) groups is 2. The molecule has 1 amide bonds. The van der Waals surface area contributed by atoms with Gasteiger partial charge in [0.1, 0.15) is 22.9 Å². The zero-order chi connectivity index (χ0) is 38.3. The topological polar surface area (TPSA) is 55.8 Å². The van der Waals surface area contributed by atoms with Crippen LogP contribution in [0.25, 0.3) is 6.08 Å². The number of likely N-dealkylation sites (N-methyl/N-ethyl adjacent to an activating group) is 1. The maximum Gasteiger partial charge on any atom is 0.343 e. The number of esters is 1. The quantitative estimate of drug-likeness (QED) is 0.103. The van der Waals surface area contributed by atoms with E-state index in [-0.39, 0.29) is 17.9 Å². The second kappa shape index (κ2) is 17.5. The number of nitrogens with zero attached hydrogens (tertiary/aromatic N) is 1. The first-order valence-corrected chi connectivity index (χ1v) is 20.1. The van der Waals surface area contributed by atoms with Crippen molar-refractivity contribution in [3.8, 4) is 11.5 Å². The van der Waals surface area contributed by atoms with Crippen molar-refractivity contribution >= 4 is 23.6 Å². The lowest BCUT2D eigenvalue weighted by molar-refractivity contribution is -0.122. The molecule has 2 aliphatic heterocycles. The van der Waals surface area contributed by atoms with Crippen molar-refractivity contribution in [2.75, 3.05) is 11.9 Å². The molecule has 0 bridgehead atoms. The van der Waals surface area contributed by atoms with E-state index in [1.54, 1.807) is 43.1 Å². The summed E-state index contributed by atoms with van der Waals surface area (Å²) in [5.74, 6) is 2.80. The molecule has 6 heteroatoms. The number of amides is 1. The van der Waals surface area contributed by atoms with E-state index in [1.165, 1.54) is 51.0 Å². The Morgan fingerprint density at radius 2 is 1.57 bits per heavy atom. The lowest BCUT2D eigenvalue weighted by Crippen LogP contribution is -2.36. The molecule has 3 aromatic rings. The van der Waals surface area contributed by atoms with Crippen molar-refractivity contribution in [2.24, 2.45) is 17.8 Å². The van der Waals surface area contributed by atoms with Crippen LogP contribution in [0, 0.1) is 24.7 Å². The Balaban J connectivity index is 1.10. The first-order chi connectivity index (χ1) is 25.2. The van der Waals surface area contributed by atoms with Crippen LogP contribution in [-0.2, 0) is 16.6 Å². The number of para-hydroxylation sites is 1.